The minimum atomic E-state index is -0.803. The van der Waals surface area contributed by atoms with Gasteiger partial charge in [0.05, 0.1) is 5.02 Å². The van der Waals surface area contributed by atoms with Crippen molar-refractivity contribution in [2.45, 2.75) is 0 Å². The van der Waals surface area contributed by atoms with Gasteiger partial charge in [-0.05, 0) is 16.7 Å². The molecule has 4 heteroatoms. The molecule has 1 unspecified atom stereocenters. The molecule has 0 radical (unpaired) electrons. The molecule has 0 saturated heterocycles. The lowest BCUT2D eigenvalue weighted by molar-refractivity contribution is 0.525. The molecule has 10 heavy (non-hydrogen) atoms. The average Bonchev–Trinajstić information content (AvgIpc) is 1.94. The standard InChI is InChI=1S/C6H5ClO2P/c7-5-3-1-2-4-6(5)9-10-8/h1-4,10H/q+1. The fourth-order valence-corrected chi connectivity index (χ4v) is 1.08. The predicted molar refractivity (Wildman–Crippen MR) is 41.1 cm³/mol. The number of rotatable bonds is 2. The summed E-state index contributed by atoms with van der Waals surface area (Å²) in [6.07, 6.45) is 0. The molecule has 1 rings (SSSR count). The van der Waals surface area contributed by atoms with Crippen molar-refractivity contribution >= 4 is 20.3 Å². The van der Waals surface area contributed by atoms with Crippen LogP contribution in [0.4, 0.5) is 0 Å². The molecular formula is C6H5ClO2P+. The zero-order chi connectivity index (χ0) is 7.40. The summed E-state index contributed by atoms with van der Waals surface area (Å²) in [5, 5.41) is 0.478. The van der Waals surface area contributed by atoms with E-state index in [1.54, 1.807) is 24.3 Å². The van der Waals surface area contributed by atoms with E-state index in [2.05, 4.69) is 4.52 Å². The Hall–Kier alpha value is -0.590. The predicted octanol–water partition coefficient (Wildman–Crippen LogP) is 2.66. The van der Waals surface area contributed by atoms with Crippen LogP contribution in [0.1, 0.15) is 0 Å². The summed E-state index contributed by atoms with van der Waals surface area (Å²) in [5.74, 6) is 0.456. The molecule has 0 saturated carbocycles. The van der Waals surface area contributed by atoms with Crippen LogP contribution in [0.5, 0.6) is 5.75 Å². The Bertz CT molecular complexity index is 239. The van der Waals surface area contributed by atoms with Crippen LogP contribution in [-0.4, -0.2) is 0 Å². The van der Waals surface area contributed by atoms with E-state index in [1.807, 2.05) is 0 Å². The minimum Gasteiger partial charge on any atom is -0.254 e. The van der Waals surface area contributed by atoms with Gasteiger partial charge in [-0.3, -0.25) is 4.52 Å². The van der Waals surface area contributed by atoms with Crippen LogP contribution in [0.3, 0.4) is 0 Å². The van der Waals surface area contributed by atoms with Gasteiger partial charge in [0.25, 0.3) is 0 Å². The highest BCUT2D eigenvalue weighted by atomic mass is 35.5. The van der Waals surface area contributed by atoms with Crippen molar-refractivity contribution in [1.82, 2.24) is 0 Å². The second-order valence-corrected chi connectivity index (χ2v) is 2.39. The van der Waals surface area contributed by atoms with Crippen LogP contribution in [0.15, 0.2) is 24.3 Å². The van der Waals surface area contributed by atoms with Crippen LogP contribution in [0.2, 0.25) is 5.02 Å². The van der Waals surface area contributed by atoms with Crippen molar-refractivity contribution in [3.63, 3.8) is 0 Å². The van der Waals surface area contributed by atoms with Crippen LogP contribution >= 0.6 is 20.3 Å². The van der Waals surface area contributed by atoms with Gasteiger partial charge in [-0.15, -0.1) is 0 Å². The summed E-state index contributed by atoms with van der Waals surface area (Å²) < 4.78 is 14.7. The summed E-state index contributed by atoms with van der Waals surface area (Å²) in [7, 11) is -0.803. The maximum Gasteiger partial charge on any atom is 0.542 e. The molecule has 0 aliphatic carbocycles. The molecule has 0 bridgehead atoms. The SMILES string of the molecule is O=[PH+]Oc1ccccc1Cl. The Morgan fingerprint density at radius 1 is 1.40 bits per heavy atom. The third-order valence-electron chi connectivity index (χ3n) is 0.988. The Balaban J connectivity index is 2.91. The quantitative estimate of drug-likeness (QED) is 0.646. The fraction of sp³-hybridized carbons (Fsp3) is 0. The van der Waals surface area contributed by atoms with Crippen LogP contribution in [0, 0.1) is 0 Å². The van der Waals surface area contributed by atoms with E-state index >= 15 is 0 Å². The van der Waals surface area contributed by atoms with E-state index in [0.29, 0.717) is 10.8 Å². The van der Waals surface area contributed by atoms with Crippen molar-refractivity contribution in [3.05, 3.63) is 29.3 Å². The molecule has 0 amide bonds. The van der Waals surface area contributed by atoms with Crippen LogP contribution in [-0.2, 0) is 4.57 Å². The van der Waals surface area contributed by atoms with Gasteiger partial charge in [0.1, 0.15) is 0 Å². The lowest BCUT2D eigenvalue weighted by Crippen LogP contribution is -1.74. The Kier molecular flexibility index (Phi) is 2.67. The first kappa shape index (κ1) is 7.52. The van der Waals surface area contributed by atoms with Gasteiger partial charge in [-0.2, -0.15) is 0 Å². The van der Waals surface area contributed by atoms with Gasteiger partial charge in [0, 0.05) is 0 Å². The second-order valence-electron chi connectivity index (χ2n) is 1.62. The van der Waals surface area contributed by atoms with Crippen molar-refractivity contribution in [1.29, 1.82) is 0 Å². The van der Waals surface area contributed by atoms with Crippen molar-refractivity contribution in [3.8, 4) is 5.75 Å². The topological polar surface area (TPSA) is 26.3 Å². The number of benzene rings is 1. The molecule has 0 fully saturated rings. The van der Waals surface area contributed by atoms with E-state index in [1.165, 1.54) is 0 Å². The number of hydrogen-bond donors (Lipinski definition) is 0. The molecule has 52 valence electrons. The Morgan fingerprint density at radius 3 is 2.70 bits per heavy atom. The molecule has 1 aromatic rings. The fourth-order valence-electron chi connectivity index (χ4n) is 0.572. The second kappa shape index (κ2) is 3.55. The summed E-state index contributed by atoms with van der Waals surface area (Å²) in [4.78, 5) is 0. The third kappa shape index (κ3) is 1.69. The summed E-state index contributed by atoms with van der Waals surface area (Å²) in [6, 6.07) is 6.88. The van der Waals surface area contributed by atoms with Gasteiger partial charge in [0.2, 0.25) is 5.75 Å². The lowest BCUT2D eigenvalue weighted by atomic mass is 10.3. The summed E-state index contributed by atoms with van der Waals surface area (Å²) in [6.45, 7) is 0. The molecule has 1 atom stereocenters. The van der Waals surface area contributed by atoms with Crippen molar-refractivity contribution < 1.29 is 9.09 Å². The summed E-state index contributed by atoms with van der Waals surface area (Å²) >= 11 is 5.64. The highest BCUT2D eigenvalue weighted by Crippen LogP contribution is 2.25. The molecule has 0 heterocycles. The Labute approximate surface area is 65.1 Å². The van der Waals surface area contributed by atoms with Crippen LogP contribution < -0.4 is 4.52 Å². The lowest BCUT2D eigenvalue weighted by Gasteiger charge is -1.91. The number of para-hydroxylation sites is 1. The molecular weight excluding hydrogens is 170 g/mol. The first-order chi connectivity index (χ1) is 4.84. The van der Waals surface area contributed by atoms with Crippen molar-refractivity contribution in [2.75, 3.05) is 0 Å². The normalized spacial score (nSPS) is 9.70. The van der Waals surface area contributed by atoms with E-state index < -0.39 is 8.69 Å². The highest BCUT2D eigenvalue weighted by molar-refractivity contribution is 7.17. The highest BCUT2D eigenvalue weighted by Gasteiger charge is 2.01. The summed E-state index contributed by atoms with van der Waals surface area (Å²) in [5.41, 5.74) is 0. The largest absolute Gasteiger partial charge is 0.542 e. The monoisotopic (exact) mass is 175 g/mol. The van der Waals surface area contributed by atoms with E-state index in [0.717, 1.165) is 0 Å². The van der Waals surface area contributed by atoms with Gasteiger partial charge in [0.15, 0.2) is 0 Å². The van der Waals surface area contributed by atoms with Crippen molar-refractivity contribution in [2.24, 2.45) is 0 Å². The first-order valence-corrected chi connectivity index (χ1v) is 3.82. The molecule has 0 aliphatic rings. The maximum absolute atomic E-state index is 10.00. The molecule has 1 aromatic carbocycles. The molecule has 0 aliphatic heterocycles. The zero-order valence-electron chi connectivity index (χ0n) is 5.00. The van der Waals surface area contributed by atoms with E-state index in [9.17, 15) is 4.57 Å². The van der Waals surface area contributed by atoms with Gasteiger partial charge in [-0.1, -0.05) is 23.7 Å². The van der Waals surface area contributed by atoms with Gasteiger partial charge in [-0.25, -0.2) is 0 Å². The molecule has 2 nitrogen and oxygen atoms in total. The molecule has 0 N–H and O–H groups in total. The first-order valence-electron chi connectivity index (χ1n) is 2.63. The maximum atomic E-state index is 10.00. The Morgan fingerprint density at radius 2 is 2.10 bits per heavy atom. The third-order valence-corrected chi connectivity index (χ3v) is 1.60. The molecule has 0 aromatic heterocycles. The van der Waals surface area contributed by atoms with Gasteiger partial charge >= 0.3 is 8.69 Å². The zero-order valence-corrected chi connectivity index (χ0v) is 6.76. The number of hydrogen-bond acceptors (Lipinski definition) is 2. The van der Waals surface area contributed by atoms with E-state index in [-0.39, 0.29) is 0 Å². The minimum absolute atomic E-state index is 0.456. The average molecular weight is 176 g/mol. The van der Waals surface area contributed by atoms with Crippen LogP contribution in [0.25, 0.3) is 0 Å². The smallest absolute Gasteiger partial charge is 0.254 e. The van der Waals surface area contributed by atoms with E-state index in [4.69, 9.17) is 11.6 Å². The van der Waals surface area contributed by atoms with Gasteiger partial charge < -0.3 is 0 Å². The molecule has 0 spiro atoms. The number of halogens is 1.